The molecule has 0 radical (unpaired) electrons. The van der Waals surface area contributed by atoms with E-state index in [-0.39, 0.29) is 24.6 Å². The summed E-state index contributed by atoms with van der Waals surface area (Å²) in [5.41, 5.74) is 0.821. The van der Waals surface area contributed by atoms with Gasteiger partial charge in [0.15, 0.2) is 5.76 Å². The van der Waals surface area contributed by atoms with Crippen LogP contribution in [0.1, 0.15) is 73.9 Å². The summed E-state index contributed by atoms with van der Waals surface area (Å²) in [6.45, 7) is 2.68. The van der Waals surface area contributed by atoms with Crippen molar-refractivity contribution in [3.63, 3.8) is 0 Å². The number of nitrogens with one attached hydrogen (secondary N) is 5. The van der Waals surface area contributed by atoms with Crippen molar-refractivity contribution in [3.8, 4) is 0 Å². The number of likely N-dealkylation sites (tertiary alicyclic amines) is 1. The number of hydrogen-bond donors (Lipinski definition) is 5. The van der Waals surface area contributed by atoms with E-state index in [0.717, 1.165) is 50.9 Å². The first-order valence-electron chi connectivity index (χ1n) is 16.6. The number of rotatable bonds is 16. The zero-order valence-corrected chi connectivity index (χ0v) is 26.6. The molecule has 2 fully saturated rings. The Morgan fingerprint density at radius 1 is 0.739 bits per heavy atom. The molecule has 1 saturated heterocycles. The molecule has 12 heteroatoms. The predicted molar refractivity (Wildman–Crippen MR) is 173 cm³/mol. The van der Waals surface area contributed by atoms with Gasteiger partial charge in [0.2, 0.25) is 23.6 Å². The van der Waals surface area contributed by atoms with Gasteiger partial charge in [-0.2, -0.15) is 0 Å². The van der Waals surface area contributed by atoms with Gasteiger partial charge in [-0.1, -0.05) is 68.9 Å². The molecule has 0 spiro atoms. The minimum Gasteiger partial charge on any atom is -0.459 e. The van der Waals surface area contributed by atoms with Crippen molar-refractivity contribution in [1.82, 2.24) is 31.5 Å². The molecule has 5 N–H and O–H groups in total. The number of furan rings is 1. The molecule has 1 aliphatic heterocycles. The van der Waals surface area contributed by atoms with Crippen molar-refractivity contribution in [3.05, 3.63) is 60.1 Å². The molecule has 1 aliphatic carbocycles. The Morgan fingerprint density at radius 3 is 2.15 bits per heavy atom. The standard InChI is InChI=1S/C34H48N6O6/c41-30(23-37-33(44)28(22-26-13-6-2-7-14-26)39-34(45)29-15-10-20-46-29)36-24-31(42)38-27(21-25-11-4-1-5-12-25)32(43)35-16-19-40-17-8-3-9-18-40/h2,6-7,10,13-15,20,25,27-28H,1,3-5,8-9,11-12,16-19,21-24H2,(H,35,43)(H,36,41)(H,37,44)(H,38,42)(H,39,45)/t27-,28-/m0/s1. The molecule has 0 bridgehead atoms. The highest BCUT2D eigenvalue weighted by atomic mass is 16.3. The third-order valence-corrected chi connectivity index (χ3v) is 8.64. The normalized spacial score (nSPS) is 16.9. The Labute approximate surface area is 270 Å². The first kappa shape index (κ1) is 34.7. The van der Waals surface area contributed by atoms with Gasteiger partial charge in [0, 0.05) is 19.5 Å². The summed E-state index contributed by atoms with van der Waals surface area (Å²) >= 11 is 0. The molecular formula is C34H48N6O6. The van der Waals surface area contributed by atoms with Crippen LogP contribution in [-0.4, -0.2) is 85.8 Å². The van der Waals surface area contributed by atoms with Crippen LogP contribution in [0.3, 0.4) is 0 Å². The van der Waals surface area contributed by atoms with Crippen LogP contribution in [0, 0.1) is 5.92 Å². The Bertz CT molecular complexity index is 1260. The van der Waals surface area contributed by atoms with Crippen LogP contribution >= 0.6 is 0 Å². The van der Waals surface area contributed by atoms with Gasteiger partial charge in [0.1, 0.15) is 12.1 Å². The van der Waals surface area contributed by atoms with E-state index < -0.39 is 42.3 Å². The van der Waals surface area contributed by atoms with Crippen LogP contribution in [0.25, 0.3) is 0 Å². The average molecular weight is 637 g/mol. The molecule has 5 amide bonds. The largest absolute Gasteiger partial charge is 0.459 e. The summed E-state index contributed by atoms with van der Waals surface area (Å²) in [5.74, 6) is -1.93. The second kappa shape index (κ2) is 18.7. The molecule has 4 rings (SSSR count). The highest BCUT2D eigenvalue weighted by Gasteiger charge is 2.27. The van der Waals surface area contributed by atoms with Gasteiger partial charge >= 0.3 is 0 Å². The molecule has 2 atom stereocenters. The van der Waals surface area contributed by atoms with Crippen LogP contribution in [0.4, 0.5) is 0 Å². The third-order valence-electron chi connectivity index (χ3n) is 8.64. The van der Waals surface area contributed by atoms with E-state index in [1.165, 1.54) is 38.0 Å². The molecule has 2 heterocycles. The highest BCUT2D eigenvalue weighted by molar-refractivity contribution is 5.96. The molecule has 0 unspecified atom stereocenters. The minimum absolute atomic E-state index is 0.0621. The fourth-order valence-corrected chi connectivity index (χ4v) is 6.10. The third kappa shape index (κ3) is 12.0. The molecular weight excluding hydrogens is 588 g/mol. The first-order chi connectivity index (χ1) is 22.4. The van der Waals surface area contributed by atoms with Gasteiger partial charge in [-0.15, -0.1) is 0 Å². The highest BCUT2D eigenvalue weighted by Crippen LogP contribution is 2.27. The van der Waals surface area contributed by atoms with Crippen LogP contribution in [-0.2, 0) is 25.6 Å². The smallest absolute Gasteiger partial charge is 0.287 e. The van der Waals surface area contributed by atoms with Crippen molar-refractivity contribution in [2.24, 2.45) is 5.92 Å². The topological polar surface area (TPSA) is 162 Å². The van der Waals surface area contributed by atoms with Gasteiger partial charge in [-0.05, 0) is 56.0 Å². The first-order valence-corrected chi connectivity index (χ1v) is 16.6. The van der Waals surface area contributed by atoms with Gasteiger partial charge in [0.25, 0.3) is 5.91 Å². The molecule has 1 aromatic heterocycles. The van der Waals surface area contributed by atoms with Gasteiger partial charge < -0.3 is 35.9 Å². The van der Waals surface area contributed by atoms with Gasteiger partial charge in [-0.3, -0.25) is 24.0 Å². The zero-order chi connectivity index (χ0) is 32.6. The summed E-state index contributed by atoms with van der Waals surface area (Å²) in [6, 6.07) is 10.6. The Morgan fingerprint density at radius 2 is 1.43 bits per heavy atom. The second-order valence-corrected chi connectivity index (χ2v) is 12.2. The molecule has 2 aromatic rings. The predicted octanol–water partition coefficient (Wildman–Crippen LogP) is 1.91. The van der Waals surface area contributed by atoms with E-state index in [4.69, 9.17) is 4.42 Å². The Kier molecular flexibility index (Phi) is 14.1. The van der Waals surface area contributed by atoms with Gasteiger partial charge in [-0.25, -0.2) is 0 Å². The molecule has 46 heavy (non-hydrogen) atoms. The fraction of sp³-hybridized carbons (Fsp3) is 0.559. The van der Waals surface area contributed by atoms with E-state index in [0.29, 0.717) is 18.9 Å². The van der Waals surface area contributed by atoms with E-state index >= 15 is 0 Å². The monoisotopic (exact) mass is 636 g/mol. The zero-order valence-electron chi connectivity index (χ0n) is 26.6. The maximum Gasteiger partial charge on any atom is 0.287 e. The average Bonchev–Trinajstić information content (AvgIpc) is 3.63. The van der Waals surface area contributed by atoms with E-state index in [9.17, 15) is 24.0 Å². The molecule has 12 nitrogen and oxygen atoms in total. The Hall–Kier alpha value is -4.19. The summed E-state index contributed by atoms with van der Waals surface area (Å²) < 4.78 is 5.13. The van der Waals surface area contributed by atoms with Crippen molar-refractivity contribution in [2.45, 2.75) is 76.3 Å². The summed E-state index contributed by atoms with van der Waals surface area (Å²) in [4.78, 5) is 66.5. The number of amides is 5. The van der Waals surface area contributed by atoms with Crippen molar-refractivity contribution in [1.29, 1.82) is 0 Å². The lowest BCUT2D eigenvalue weighted by molar-refractivity contribution is -0.130. The van der Waals surface area contributed by atoms with Crippen LogP contribution in [0.2, 0.25) is 0 Å². The SMILES string of the molecule is O=C(CNC(=O)[C@H](Cc1ccccc1)NC(=O)c1ccco1)NCC(=O)N[C@@H](CC1CCCCC1)C(=O)NCCN1CCCCC1. The van der Waals surface area contributed by atoms with Crippen molar-refractivity contribution < 1.29 is 28.4 Å². The number of benzene rings is 1. The number of carbonyl (C=O) groups excluding carboxylic acids is 5. The number of nitrogens with zero attached hydrogens (tertiary/aromatic N) is 1. The molecule has 1 saturated carbocycles. The lowest BCUT2D eigenvalue weighted by Gasteiger charge is -2.28. The van der Waals surface area contributed by atoms with E-state index in [2.05, 4.69) is 31.5 Å². The maximum atomic E-state index is 13.1. The van der Waals surface area contributed by atoms with Crippen molar-refractivity contribution >= 4 is 29.5 Å². The number of hydrogen-bond acceptors (Lipinski definition) is 7. The quantitative estimate of drug-likeness (QED) is 0.188. The van der Waals surface area contributed by atoms with Crippen LogP contribution in [0.15, 0.2) is 53.1 Å². The molecule has 250 valence electrons. The minimum atomic E-state index is -0.968. The van der Waals surface area contributed by atoms with Crippen LogP contribution in [0.5, 0.6) is 0 Å². The maximum absolute atomic E-state index is 13.1. The number of piperidine rings is 1. The second-order valence-electron chi connectivity index (χ2n) is 12.2. The summed E-state index contributed by atoms with van der Waals surface area (Å²) in [6.07, 6.45) is 11.3. The lowest BCUT2D eigenvalue weighted by atomic mass is 9.84. The molecule has 1 aromatic carbocycles. The fourth-order valence-electron chi connectivity index (χ4n) is 6.10. The van der Waals surface area contributed by atoms with Gasteiger partial charge in [0.05, 0.1) is 19.4 Å². The number of carbonyl (C=O) groups is 5. The molecule has 2 aliphatic rings. The van der Waals surface area contributed by atoms with Crippen molar-refractivity contribution in [2.75, 3.05) is 39.3 Å². The van der Waals surface area contributed by atoms with Crippen LogP contribution < -0.4 is 26.6 Å². The van der Waals surface area contributed by atoms with E-state index in [1.54, 1.807) is 6.07 Å². The summed E-state index contributed by atoms with van der Waals surface area (Å²) in [5, 5.41) is 13.6. The lowest BCUT2D eigenvalue weighted by Crippen LogP contribution is -2.52. The van der Waals surface area contributed by atoms with E-state index in [1.807, 2.05) is 30.3 Å². The summed E-state index contributed by atoms with van der Waals surface area (Å²) in [7, 11) is 0. The Balaban J connectivity index is 1.24.